The Morgan fingerprint density at radius 1 is 0.786 bits per heavy atom. The molecule has 0 aliphatic carbocycles. The predicted octanol–water partition coefficient (Wildman–Crippen LogP) is 5.78. The molecular weight excluding hydrogens is 437 g/mol. The van der Waals surface area contributed by atoms with Crippen molar-refractivity contribution in [1.29, 1.82) is 0 Å². The summed E-state index contributed by atoms with van der Waals surface area (Å²) in [5, 5.41) is 0. The van der Waals surface area contributed by atoms with Gasteiger partial charge in [-0.3, -0.25) is 0 Å². The molecule has 0 aromatic carbocycles. The molecule has 28 heavy (non-hydrogen) atoms. The average Bonchev–Trinajstić information content (AvgIpc) is 2.37. The fraction of sp³-hybridized carbons (Fsp3) is 0.833. The minimum absolute atomic E-state index is 0.302. The Hall–Kier alpha value is 0.174. The lowest BCUT2D eigenvalue weighted by Gasteiger charge is -2.45. The first-order valence-electron chi connectivity index (χ1n) is 10.1. The molecule has 0 N–H and O–H groups in total. The van der Waals surface area contributed by atoms with Gasteiger partial charge in [0.15, 0.2) is 16.2 Å². The minimum Gasteiger partial charge on any atom is -0.462 e. The summed E-state index contributed by atoms with van der Waals surface area (Å²) in [7, 11) is -9.72. The molecule has 0 bridgehead atoms. The quantitative estimate of drug-likeness (QED) is 0.153. The molecule has 0 aromatic heterocycles. The van der Waals surface area contributed by atoms with Crippen molar-refractivity contribution in [2.75, 3.05) is 6.61 Å². The number of hydrogen-bond acceptors (Lipinski definition) is 5. The Morgan fingerprint density at radius 3 is 1.68 bits per heavy atom. The highest BCUT2D eigenvalue weighted by Crippen LogP contribution is 2.31. The van der Waals surface area contributed by atoms with E-state index in [1.54, 1.807) is 6.92 Å². The fourth-order valence-corrected chi connectivity index (χ4v) is 29.6. The molecule has 0 heterocycles. The van der Waals surface area contributed by atoms with Gasteiger partial charge in [0.05, 0.1) is 14.2 Å². The van der Waals surface area contributed by atoms with Gasteiger partial charge in [-0.05, 0) is 72.3 Å². The third kappa shape index (κ3) is 10.8. The van der Waals surface area contributed by atoms with Gasteiger partial charge in [0.1, 0.15) is 0 Å². The van der Waals surface area contributed by atoms with Crippen LogP contribution in [0.5, 0.6) is 0 Å². The lowest BCUT2D eigenvalue weighted by molar-refractivity contribution is -0.138. The van der Waals surface area contributed by atoms with Crippen LogP contribution in [0.3, 0.4) is 0 Å². The largest absolute Gasteiger partial charge is 0.462 e. The van der Waals surface area contributed by atoms with Gasteiger partial charge < -0.3 is 17.1 Å². The summed E-state index contributed by atoms with van der Waals surface area (Å²) in [5.74, 6) is -0.302. The SMILES string of the molecule is C=C(C)C(=O)OCCC[Si](C)(C)[Si](C)(C)O[Si](C)(C)O[Si](C)(C)O[Si](C)(C)C. The second kappa shape index (κ2) is 9.99. The van der Waals surface area contributed by atoms with Crippen molar-refractivity contribution in [3.05, 3.63) is 12.2 Å². The number of ether oxygens (including phenoxy) is 1. The van der Waals surface area contributed by atoms with Crippen LogP contribution < -0.4 is 0 Å². The zero-order chi connectivity index (χ0) is 22.6. The lowest BCUT2D eigenvalue weighted by atomic mass is 10.4. The normalized spacial score (nSPS) is 14.1. The van der Waals surface area contributed by atoms with Crippen molar-refractivity contribution in [2.24, 2.45) is 0 Å². The molecule has 0 spiro atoms. The minimum atomic E-state index is -2.31. The van der Waals surface area contributed by atoms with Crippen molar-refractivity contribution in [1.82, 2.24) is 0 Å². The Labute approximate surface area is 178 Å². The number of hydrogen-bond donors (Lipinski definition) is 0. The number of rotatable bonds is 12. The van der Waals surface area contributed by atoms with E-state index in [4.69, 9.17) is 17.1 Å². The molecule has 10 heteroatoms. The van der Waals surface area contributed by atoms with Gasteiger partial charge in [0, 0.05) is 5.57 Å². The summed E-state index contributed by atoms with van der Waals surface area (Å²) in [6, 6.07) is 1.08. The van der Waals surface area contributed by atoms with Crippen LogP contribution in [-0.2, 0) is 21.9 Å². The van der Waals surface area contributed by atoms with Crippen LogP contribution in [0.4, 0.5) is 0 Å². The summed E-state index contributed by atoms with van der Waals surface area (Å²) >= 11 is 0. The van der Waals surface area contributed by atoms with Gasteiger partial charge in [0.2, 0.25) is 0 Å². The Balaban J connectivity index is 4.91. The molecule has 0 atom stereocenters. The number of esters is 1. The molecule has 0 fully saturated rings. The molecule has 0 saturated heterocycles. The van der Waals surface area contributed by atoms with E-state index < -0.39 is 40.9 Å². The number of carbonyl (C=O) groups excluding carboxylic acids is 1. The highest BCUT2D eigenvalue weighted by Gasteiger charge is 2.48. The first kappa shape index (κ1) is 28.2. The monoisotopic (exact) mass is 480 g/mol. The third-order valence-corrected chi connectivity index (χ3v) is 33.4. The zero-order valence-electron chi connectivity index (χ0n) is 20.4. The molecule has 0 amide bonds. The smallest absolute Gasteiger partial charge is 0.333 e. The van der Waals surface area contributed by atoms with E-state index in [-0.39, 0.29) is 5.97 Å². The van der Waals surface area contributed by atoms with Crippen LogP contribution in [-0.4, -0.2) is 53.4 Å². The van der Waals surface area contributed by atoms with E-state index in [9.17, 15) is 4.79 Å². The first-order chi connectivity index (χ1) is 12.2. The van der Waals surface area contributed by atoms with E-state index in [1.807, 2.05) is 0 Å². The van der Waals surface area contributed by atoms with Crippen molar-refractivity contribution < 1.29 is 21.9 Å². The highest BCUT2D eigenvalue weighted by atomic mass is 29.3. The molecular formula is C18H44O5Si5. The Kier molecular flexibility index (Phi) is 10.0. The Morgan fingerprint density at radius 2 is 1.25 bits per heavy atom. The van der Waals surface area contributed by atoms with Gasteiger partial charge in [-0.1, -0.05) is 25.7 Å². The summed E-state index contributed by atoms with van der Waals surface area (Å²) in [6.07, 6.45) is 0.875. The van der Waals surface area contributed by atoms with Crippen molar-refractivity contribution in [3.8, 4) is 0 Å². The molecule has 0 aliphatic heterocycles. The lowest BCUT2D eigenvalue weighted by Crippen LogP contribution is -2.64. The standard InChI is InChI=1S/C18H44O5Si5/c1-17(2)18(19)20-15-14-16-25(6,7)28(12,13)23-27(10,11)22-26(8,9)21-24(3,4)5/h1,14-16H2,2-13H3. The van der Waals surface area contributed by atoms with E-state index in [2.05, 4.69) is 78.6 Å². The second-order valence-corrected chi connectivity index (χ2v) is 37.9. The topological polar surface area (TPSA) is 54.0 Å². The third-order valence-electron chi connectivity index (χ3n) is 4.70. The second-order valence-electron chi connectivity index (χ2n) is 10.6. The van der Waals surface area contributed by atoms with E-state index in [0.29, 0.717) is 12.2 Å². The van der Waals surface area contributed by atoms with E-state index in [1.165, 1.54) is 0 Å². The molecule has 0 aromatic rings. The molecule has 0 radical (unpaired) electrons. The summed E-state index contributed by atoms with van der Waals surface area (Å²) in [4.78, 5) is 11.5. The van der Waals surface area contributed by atoms with Gasteiger partial charge in [-0.15, -0.1) is 0 Å². The van der Waals surface area contributed by atoms with Crippen LogP contribution >= 0.6 is 0 Å². The van der Waals surface area contributed by atoms with Gasteiger partial charge in [-0.25, -0.2) is 4.79 Å². The molecule has 0 saturated carbocycles. The Bertz CT molecular complexity index is 553. The highest BCUT2D eigenvalue weighted by molar-refractivity contribution is 7.39. The van der Waals surface area contributed by atoms with Crippen LogP contribution in [0.15, 0.2) is 12.2 Å². The predicted molar refractivity (Wildman–Crippen MR) is 132 cm³/mol. The summed E-state index contributed by atoms with van der Waals surface area (Å²) in [6.45, 7) is 30.4. The van der Waals surface area contributed by atoms with Gasteiger partial charge >= 0.3 is 23.1 Å². The molecule has 0 rings (SSSR count). The van der Waals surface area contributed by atoms with Crippen LogP contribution in [0, 0.1) is 0 Å². The van der Waals surface area contributed by atoms with Crippen LogP contribution in [0.25, 0.3) is 0 Å². The number of carbonyl (C=O) groups is 1. The maximum Gasteiger partial charge on any atom is 0.333 e. The van der Waals surface area contributed by atoms with Gasteiger partial charge in [0.25, 0.3) is 0 Å². The van der Waals surface area contributed by atoms with Crippen molar-refractivity contribution in [2.45, 2.75) is 91.4 Å². The fourth-order valence-electron chi connectivity index (χ4n) is 3.23. The first-order valence-corrected chi connectivity index (χ1v) is 26.3. The molecule has 166 valence electrons. The maximum atomic E-state index is 11.5. The average molecular weight is 481 g/mol. The molecule has 5 nitrogen and oxygen atoms in total. The van der Waals surface area contributed by atoms with E-state index >= 15 is 0 Å². The van der Waals surface area contributed by atoms with Crippen LogP contribution in [0.2, 0.25) is 78.1 Å². The van der Waals surface area contributed by atoms with Crippen molar-refractivity contribution >= 4 is 46.8 Å². The summed E-state index contributed by atoms with van der Waals surface area (Å²) in [5.41, 5.74) is 0.451. The van der Waals surface area contributed by atoms with Crippen LogP contribution in [0.1, 0.15) is 13.3 Å². The molecule has 0 unspecified atom stereocenters. The summed E-state index contributed by atoms with van der Waals surface area (Å²) < 4.78 is 25.0. The van der Waals surface area contributed by atoms with Gasteiger partial charge in [-0.2, -0.15) is 0 Å². The zero-order valence-corrected chi connectivity index (χ0v) is 25.4. The maximum absolute atomic E-state index is 11.5. The van der Waals surface area contributed by atoms with E-state index in [0.717, 1.165) is 12.5 Å². The van der Waals surface area contributed by atoms with Crippen molar-refractivity contribution in [3.63, 3.8) is 0 Å². The molecule has 0 aliphatic rings.